The number of hydrogen-bond acceptors (Lipinski definition) is 3. The van der Waals surface area contributed by atoms with E-state index in [2.05, 4.69) is 5.32 Å². The van der Waals surface area contributed by atoms with Gasteiger partial charge in [-0.2, -0.15) is 0 Å². The van der Waals surface area contributed by atoms with Gasteiger partial charge >= 0.3 is 0 Å². The fourth-order valence-electron chi connectivity index (χ4n) is 2.75. The molecule has 0 bridgehead atoms. The second-order valence-corrected chi connectivity index (χ2v) is 8.00. The fourth-order valence-corrected chi connectivity index (χ4v) is 3.61. The monoisotopic (exact) mass is 487 g/mol. The van der Waals surface area contributed by atoms with Crippen LogP contribution in [0.2, 0.25) is 20.1 Å². The normalized spacial score (nSPS) is 10.7. The first-order valence-corrected chi connectivity index (χ1v) is 10.6. The predicted molar refractivity (Wildman–Crippen MR) is 122 cm³/mol. The van der Waals surface area contributed by atoms with Crippen LogP contribution in [0.3, 0.4) is 0 Å². The number of nitrogens with one attached hydrogen (secondary N) is 1. The largest absolute Gasteiger partial charge is 0.490 e. The molecule has 0 saturated heterocycles. The third-order valence-corrected chi connectivity index (χ3v) is 5.36. The molecule has 30 heavy (non-hydrogen) atoms. The predicted octanol–water partition coefficient (Wildman–Crippen LogP) is 8.03. The van der Waals surface area contributed by atoms with Gasteiger partial charge in [-0.25, -0.2) is 4.39 Å². The molecule has 3 rings (SSSR count). The van der Waals surface area contributed by atoms with Crippen molar-refractivity contribution in [2.45, 2.75) is 20.1 Å². The Hall–Kier alpha value is -1.85. The van der Waals surface area contributed by atoms with Crippen molar-refractivity contribution in [3.63, 3.8) is 0 Å². The summed E-state index contributed by atoms with van der Waals surface area (Å²) in [5.74, 6) is 0.481. The molecule has 0 aliphatic rings. The maximum atomic E-state index is 13.2. The molecule has 0 radical (unpaired) electrons. The van der Waals surface area contributed by atoms with E-state index >= 15 is 0 Å². The minimum atomic E-state index is -0.409. The Morgan fingerprint density at radius 3 is 2.40 bits per heavy atom. The van der Waals surface area contributed by atoms with E-state index in [0.717, 1.165) is 5.56 Å². The van der Waals surface area contributed by atoms with Crippen LogP contribution in [0.1, 0.15) is 18.1 Å². The van der Waals surface area contributed by atoms with Crippen LogP contribution < -0.4 is 14.8 Å². The van der Waals surface area contributed by atoms with Gasteiger partial charge < -0.3 is 14.8 Å². The molecule has 3 aromatic carbocycles. The summed E-state index contributed by atoms with van der Waals surface area (Å²) in [5.41, 5.74) is 2.22. The molecule has 0 aromatic heterocycles. The van der Waals surface area contributed by atoms with E-state index < -0.39 is 5.82 Å². The zero-order valence-corrected chi connectivity index (χ0v) is 19.0. The Kier molecular flexibility index (Phi) is 7.95. The lowest BCUT2D eigenvalue weighted by Gasteiger charge is -2.16. The Morgan fingerprint density at radius 1 is 0.867 bits per heavy atom. The summed E-state index contributed by atoms with van der Waals surface area (Å²) >= 11 is 24.8. The summed E-state index contributed by atoms with van der Waals surface area (Å²) in [6.45, 7) is 2.87. The van der Waals surface area contributed by atoms with Crippen LogP contribution in [-0.4, -0.2) is 6.61 Å². The van der Waals surface area contributed by atoms with Gasteiger partial charge in [0, 0.05) is 17.1 Å². The summed E-state index contributed by atoms with van der Waals surface area (Å²) < 4.78 is 24.8. The Bertz CT molecular complexity index is 1050. The van der Waals surface area contributed by atoms with Crippen LogP contribution in [0.5, 0.6) is 11.5 Å². The number of rotatable bonds is 8. The van der Waals surface area contributed by atoms with E-state index in [0.29, 0.717) is 51.0 Å². The molecule has 0 spiro atoms. The Morgan fingerprint density at radius 2 is 1.67 bits per heavy atom. The molecule has 0 atom stereocenters. The van der Waals surface area contributed by atoms with Crippen LogP contribution in [0.4, 0.5) is 10.1 Å². The lowest BCUT2D eigenvalue weighted by Crippen LogP contribution is -2.04. The third-order valence-electron chi connectivity index (χ3n) is 4.17. The number of anilines is 1. The van der Waals surface area contributed by atoms with Crippen molar-refractivity contribution >= 4 is 52.1 Å². The van der Waals surface area contributed by atoms with E-state index in [4.69, 9.17) is 55.9 Å². The van der Waals surface area contributed by atoms with Gasteiger partial charge in [-0.3, -0.25) is 0 Å². The highest BCUT2D eigenvalue weighted by Crippen LogP contribution is 2.38. The maximum absolute atomic E-state index is 13.2. The fraction of sp³-hybridized carbons (Fsp3) is 0.182. The zero-order valence-electron chi connectivity index (χ0n) is 15.9. The maximum Gasteiger partial charge on any atom is 0.180 e. The Labute approximate surface area is 194 Å². The van der Waals surface area contributed by atoms with Gasteiger partial charge in [0.05, 0.1) is 27.4 Å². The third kappa shape index (κ3) is 5.86. The van der Waals surface area contributed by atoms with Crippen molar-refractivity contribution < 1.29 is 13.9 Å². The second-order valence-electron chi connectivity index (χ2n) is 6.34. The highest BCUT2D eigenvalue weighted by Gasteiger charge is 2.14. The minimum absolute atomic E-state index is 0.120. The molecule has 158 valence electrons. The van der Waals surface area contributed by atoms with Gasteiger partial charge in [0.2, 0.25) is 0 Å². The first-order valence-electron chi connectivity index (χ1n) is 9.08. The first kappa shape index (κ1) is 22.8. The van der Waals surface area contributed by atoms with Crippen molar-refractivity contribution in [3.8, 4) is 11.5 Å². The molecule has 3 nitrogen and oxygen atoms in total. The second kappa shape index (κ2) is 10.5. The van der Waals surface area contributed by atoms with E-state index in [1.54, 1.807) is 30.3 Å². The molecule has 0 aliphatic heterocycles. The SMILES string of the molecule is CCOc1cc(CNc2cc(Cl)ccc2Cl)cc(Cl)c1OCc1ccc(F)cc1Cl. The van der Waals surface area contributed by atoms with Crippen LogP contribution >= 0.6 is 46.4 Å². The molecule has 1 N–H and O–H groups in total. The lowest BCUT2D eigenvalue weighted by atomic mass is 10.2. The molecule has 8 heteroatoms. The summed E-state index contributed by atoms with van der Waals surface area (Å²) in [6.07, 6.45) is 0. The van der Waals surface area contributed by atoms with Gasteiger partial charge in [-0.15, -0.1) is 0 Å². The highest BCUT2D eigenvalue weighted by atomic mass is 35.5. The van der Waals surface area contributed by atoms with Gasteiger partial charge in [0.15, 0.2) is 11.5 Å². The molecule has 0 unspecified atom stereocenters. The van der Waals surface area contributed by atoms with Crippen LogP contribution in [0.25, 0.3) is 0 Å². The van der Waals surface area contributed by atoms with Gasteiger partial charge in [0.1, 0.15) is 12.4 Å². The van der Waals surface area contributed by atoms with Crippen LogP contribution in [-0.2, 0) is 13.2 Å². The number of halogens is 5. The van der Waals surface area contributed by atoms with Crippen LogP contribution in [0, 0.1) is 5.82 Å². The van der Waals surface area contributed by atoms with E-state index in [9.17, 15) is 4.39 Å². The van der Waals surface area contributed by atoms with Crippen molar-refractivity contribution in [1.29, 1.82) is 0 Å². The van der Waals surface area contributed by atoms with E-state index in [1.807, 2.05) is 13.0 Å². The van der Waals surface area contributed by atoms with E-state index in [1.165, 1.54) is 12.1 Å². The zero-order chi connectivity index (χ0) is 21.7. The lowest BCUT2D eigenvalue weighted by molar-refractivity contribution is 0.269. The summed E-state index contributed by atoms with van der Waals surface area (Å²) in [5, 5.41) is 5.04. The highest BCUT2D eigenvalue weighted by molar-refractivity contribution is 6.35. The van der Waals surface area contributed by atoms with Crippen LogP contribution in [0.15, 0.2) is 48.5 Å². The average Bonchev–Trinajstić information content (AvgIpc) is 2.69. The van der Waals surface area contributed by atoms with E-state index in [-0.39, 0.29) is 11.6 Å². The quantitative estimate of drug-likeness (QED) is 0.348. The molecular weight excluding hydrogens is 471 g/mol. The first-order chi connectivity index (χ1) is 14.4. The van der Waals surface area contributed by atoms with Crippen molar-refractivity contribution in [2.24, 2.45) is 0 Å². The summed E-state index contributed by atoms with van der Waals surface area (Å²) in [7, 11) is 0. The molecule has 0 fully saturated rings. The molecular formula is C22H18Cl4FNO2. The number of hydrogen-bond donors (Lipinski definition) is 1. The summed E-state index contributed by atoms with van der Waals surface area (Å²) in [4.78, 5) is 0. The topological polar surface area (TPSA) is 30.5 Å². The van der Waals surface area contributed by atoms with Crippen molar-refractivity contribution in [3.05, 3.63) is 85.6 Å². The Balaban J connectivity index is 1.78. The molecule has 0 amide bonds. The minimum Gasteiger partial charge on any atom is -0.490 e. The van der Waals surface area contributed by atoms with Gasteiger partial charge in [-0.05, 0) is 55.0 Å². The average molecular weight is 489 g/mol. The molecule has 0 saturated carbocycles. The standard InChI is InChI=1S/C22H18Cl4FNO2/c1-2-29-21-8-13(11-28-20-9-15(23)4-6-17(20)24)7-19(26)22(21)30-12-14-3-5-16(27)10-18(14)25/h3-10,28H,2,11-12H2,1H3. The van der Waals surface area contributed by atoms with Crippen molar-refractivity contribution in [2.75, 3.05) is 11.9 Å². The smallest absolute Gasteiger partial charge is 0.180 e. The van der Waals surface area contributed by atoms with Gasteiger partial charge in [-0.1, -0.05) is 52.5 Å². The van der Waals surface area contributed by atoms with Crippen molar-refractivity contribution in [1.82, 2.24) is 0 Å². The molecule has 0 heterocycles. The van der Waals surface area contributed by atoms with Gasteiger partial charge in [0.25, 0.3) is 0 Å². The number of benzene rings is 3. The summed E-state index contributed by atoms with van der Waals surface area (Å²) in [6, 6.07) is 12.9. The molecule has 0 aliphatic carbocycles. The molecule has 3 aromatic rings. The number of ether oxygens (including phenoxy) is 2.